The maximum Gasteiger partial charge on any atom is 0.310 e. The molecule has 0 saturated carbocycles. The third kappa shape index (κ3) is 2.34. The third-order valence-electron chi connectivity index (χ3n) is 3.10. The SMILES string of the molecule is CC1(C(=O)O)CCN(S(=O)(=O)c2ccc(Br)s2)C1. The van der Waals surface area contributed by atoms with E-state index in [9.17, 15) is 13.2 Å². The molecule has 1 unspecified atom stereocenters. The molecule has 0 radical (unpaired) electrons. The van der Waals surface area contributed by atoms with E-state index in [4.69, 9.17) is 5.11 Å². The van der Waals surface area contributed by atoms with E-state index in [0.717, 1.165) is 15.1 Å². The van der Waals surface area contributed by atoms with Crippen LogP contribution in [0.15, 0.2) is 20.1 Å². The molecule has 1 aliphatic rings. The number of nitrogens with zero attached hydrogens (tertiary/aromatic N) is 1. The number of halogens is 1. The van der Waals surface area contributed by atoms with E-state index in [2.05, 4.69) is 15.9 Å². The van der Waals surface area contributed by atoms with Crippen molar-refractivity contribution in [2.24, 2.45) is 5.41 Å². The second-order valence-corrected chi connectivity index (χ2v) is 9.14. The third-order valence-corrected chi connectivity index (χ3v) is 7.03. The lowest BCUT2D eigenvalue weighted by Gasteiger charge is -2.19. The highest BCUT2D eigenvalue weighted by molar-refractivity contribution is 9.11. The number of sulfonamides is 1. The van der Waals surface area contributed by atoms with Gasteiger partial charge in [0.1, 0.15) is 4.21 Å². The van der Waals surface area contributed by atoms with Crippen molar-refractivity contribution in [3.05, 3.63) is 15.9 Å². The number of thiophene rings is 1. The van der Waals surface area contributed by atoms with E-state index in [1.807, 2.05) is 0 Å². The summed E-state index contributed by atoms with van der Waals surface area (Å²) in [5.74, 6) is -0.951. The minimum atomic E-state index is -3.56. The Hall–Kier alpha value is -0.440. The fourth-order valence-electron chi connectivity index (χ4n) is 1.86. The van der Waals surface area contributed by atoms with Gasteiger partial charge in [-0.25, -0.2) is 8.42 Å². The first-order chi connectivity index (χ1) is 8.25. The van der Waals surface area contributed by atoms with E-state index in [0.29, 0.717) is 6.42 Å². The van der Waals surface area contributed by atoms with E-state index in [1.54, 1.807) is 13.0 Å². The standard InChI is InChI=1S/C10H12BrNO4S2/c1-10(9(13)14)4-5-12(6-10)18(15,16)8-3-2-7(11)17-8/h2-3H,4-6H2,1H3,(H,13,14). The molecular weight excluding hydrogens is 342 g/mol. The van der Waals surface area contributed by atoms with Crippen LogP contribution in [0, 0.1) is 5.41 Å². The molecule has 1 N–H and O–H groups in total. The van der Waals surface area contributed by atoms with Crippen LogP contribution >= 0.6 is 27.3 Å². The molecule has 1 saturated heterocycles. The van der Waals surface area contributed by atoms with Crippen molar-refractivity contribution in [1.29, 1.82) is 0 Å². The molecule has 2 rings (SSSR count). The van der Waals surface area contributed by atoms with Crippen LogP contribution in [-0.4, -0.2) is 36.9 Å². The number of carbonyl (C=O) groups is 1. The van der Waals surface area contributed by atoms with Gasteiger partial charge in [0.05, 0.1) is 9.20 Å². The monoisotopic (exact) mass is 353 g/mol. The summed E-state index contributed by atoms with van der Waals surface area (Å²) in [6.07, 6.45) is 0.341. The van der Waals surface area contributed by atoms with Crippen molar-refractivity contribution in [2.45, 2.75) is 17.6 Å². The maximum absolute atomic E-state index is 12.3. The fourth-order valence-corrected chi connectivity index (χ4v) is 5.59. The Kier molecular flexibility index (Phi) is 3.56. The fraction of sp³-hybridized carbons (Fsp3) is 0.500. The zero-order chi connectivity index (χ0) is 13.6. The van der Waals surface area contributed by atoms with Gasteiger partial charge < -0.3 is 5.11 Å². The summed E-state index contributed by atoms with van der Waals surface area (Å²) in [6, 6.07) is 3.20. The lowest BCUT2D eigenvalue weighted by Crippen LogP contribution is -2.34. The molecule has 0 amide bonds. The quantitative estimate of drug-likeness (QED) is 0.901. The van der Waals surface area contributed by atoms with Gasteiger partial charge in [-0.15, -0.1) is 11.3 Å². The first-order valence-electron chi connectivity index (χ1n) is 5.25. The molecule has 1 aromatic heterocycles. The van der Waals surface area contributed by atoms with Crippen LogP contribution in [0.25, 0.3) is 0 Å². The zero-order valence-electron chi connectivity index (χ0n) is 9.59. The number of hydrogen-bond donors (Lipinski definition) is 1. The van der Waals surface area contributed by atoms with Gasteiger partial charge in [-0.2, -0.15) is 4.31 Å². The highest BCUT2D eigenvalue weighted by Gasteiger charge is 2.45. The Labute approximate surface area is 118 Å². The lowest BCUT2D eigenvalue weighted by atomic mass is 9.90. The van der Waals surface area contributed by atoms with Gasteiger partial charge in [0.2, 0.25) is 0 Å². The summed E-state index contributed by atoms with van der Waals surface area (Å²) in [6.45, 7) is 1.86. The maximum atomic E-state index is 12.3. The van der Waals surface area contributed by atoms with E-state index < -0.39 is 21.4 Å². The summed E-state index contributed by atoms with van der Waals surface area (Å²) in [7, 11) is -3.56. The molecule has 0 aliphatic carbocycles. The van der Waals surface area contributed by atoms with E-state index in [-0.39, 0.29) is 17.3 Å². The highest BCUT2D eigenvalue weighted by atomic mass is 79.9. The van der Waals surface area contributed by atoms with E-state index >= 15 is 0 Å². The van der Waals surface area contributed by atoms with Gasteiger partial charge in [0.25, 0.3) is 10.0 Å². The van der Waals surface area contributed by atoms with Gasteiger partial charge in [-0.1, -0.05) is 0 Å². The van der Waals surface area contributed by atoms with Crippen LogP contribution in [0.4, 0.5) is 0 Å². The van der Waals surface area contributed by atoms with Crippen molar-refractivity contribution in [2.75, 3.05) is 13.1 Å². The van der Waals surface area contributed by atoms with Crippen molar-refractivity contribution in [3.8, 4) is 0 Å². The Balaban J connectivity index is 2.27. The summed E-state index contributed by atoms with van der Waals surface area (Å²) in [5.41, 5.74) is -0.985. The minimum Gasteiger partial charge on any atom is -0.481 e. The number of aliphatic carboxylic acids is 1. The van der Waals surface area contributed by atoms with Crippen molar-refractivity contribution in [3.63, 3.8) is 0 Å². The molecule has 18 heavy (non-hydrogen) atoms. The van der Waals surface area contributed by atoms with Crippen LogP contribution in [0.2, 0.25) is 0 Å². The molecular formula is C10H12BrNO4S2. The molecule has 0 bridgehead atoms. The number of carboxylic acids is 1. The average molecular weight is 354 g/mol. The van der Waals surface area contributed by atoms with Gasteiger partial charge in [-0.3, -0.25) is 4.79 Å². The Bertz CT molecular complexity index is 582. The summed E-state index contributed by atoms with van der Waals surface area (Å²) in [4.78, 5) is 11.1. The van der Waals surface area contributed by atoms with Crippen molar-refractivity contribution < 1.29 is 18.3 Å². The van der Waals surface area contributed by atoms with Crippen LogP contribution < -0.4 is 0 Å². The predicted octanol–water partition coefficient (Wildman–Crippen LogP) is 2.00. The van der Waals surface area contributed by atoms with Gasteiger partial charge >= 0.3 is 5.97 Å². The van der Waals surface area contributed by atoms with Crippen LogP contribution in [0.5, 0.6) is 0 Å². The average Bonchev–Trinajstić information content (AvgIpc) is 2.86. The van der Waals surface area contributed by atoms with Crippen LogP contribution in [0.3, 0.4) is 0 Å². The van der Waals surface area contributed by atoms with Crippen LogP contribution in [-0.2, 0) is 14.8 Å². The topological polar surface area (TPSA) is 74.7 Å². The normalized spacial score (nSPS) is 25.4. The molecule has 1 atom stereocenters. The summed E-state index contributed by atoms with van der Waals surface area (Å²) >= 11 is 4.35. The molecule has 5 nitrogen and oxygen atoms in total. The highest BCUT2D eigenvalue weighted by Crippen LogP contribution is 2.36. The molecule has 100 valence electrons. The second-order valence-electron chi connectivity index (χ2n) is 4.51. The van der Waals surface area contributed by atoms with Gasteiger partial charge in [0, 0.05) is 13.1 Å². The minimum absolute atomic E-state index is 0.0280. The molecule has 0 aromatic carbocycles. The van der Waals surface area contributed by atoms with Crippen molar-refractivity contribution in [1.82, 2.24) is 4.31 Å². The molecule has 2 heterocycles. The lowest BCUT2D eigenvalue weighted by molar-refractivity contribution is -0.146. The zero-order valence-corrected chi connectivity index (χ0v) is 12.8. The molecule has 8 heteroatoms. The van der Waals surface area contributed by atoms with Gasteiger partial charge in [0.15, 0.2) is 0 Å². The number of hydrogen-bond acceptors (Lipinski definition) is 4. The summed E-state index contributed by atoms with van der Waals surface area (Å²) < 4.78 is 26.8. The smallest absolute Gasteiger partial charge is 0.310 e. The Morgan fingerprint density at radius 2 is 2.22 bits per heavy atom. The number of rotatable bonds is 3. The Morgan fingerprint density at radius 1 is 1.56 bits per heavy atom. The molecule has 1 aliphatic heterocycles. The largest absolute Gasteiger partial charge is 0.481 e. The molecule has 1 fully saturated rings. The summed E-state index contributed by atoms with van der Waals surface area (Å²) in [5, 5.41) is 9.10. The molecule has 1 aromatic rings. The van der Waals surface area contributed by atoms with Crippen molar-refractivity contribution >= 4 is 43.3 Å². The van der Waals surface area contributed by atoms with E-state index in [1.165, 1.54) is 10.4 Å². The molecule has 0 spiro atoms. The predicted molar refractivity (Wildman–Crippen MR) is 71.1 cm³/mol. The second kappa shape index (κ2) is 4.59. The number of carboxylic acid groups (broad SMARTS) is 1. The first kappa shape index (κ1) is 14.0. The first-order valence-corrected chi connectivity index (χ1v) is 8.29. The Morgan fingerprint density at radius 3 is 2.67 bits per heavy atom. The van der Waals surface area contributed by atoms with Crippen LogP contribution in [0.1, 0.15) is 13.3 Å². The van der Waals surface area contributed by atoms with Gasteiger partial charge in [-0.05, 0) is 41.4 Å².